The summed E-state index contributed by atoms with van der Waals surface area (Å²) in [5.74, 6) is -1.51. The van der Waals surface area contributed by atoms with Gasteiger partial charge in [-0.05, 0) is 85.3 Å². The molecular formula is C28H38N6O5. The third kappa shape index (κ3) is 7.25. The summed E-state index contributed by atoms with van der Waals surface area (Å²) in [6.07, 6.45) is 2.76. The molecule has 0 aliphatic carbocycles. The van der Waals surface area contributed by atoms with Crippen LogP contribution in [0.1, 0.15) is 36.8 Å². The standard InChI is InChI=1S/C28H38N6O5/c29-9-1-4-22-28(39)34-23(27(38)32-15-20-3-2-10-31-20)14-19-12-17(6-8-25(19)36)16-5-7-24(35)18(11-16)13-21(30)26(37)33-22/h5-8,11-12,20-23,31,35-36H,1-4,9-10,13-15,29-30H2,(H,32,38)(H,33,37)(H,34,39)/t20?,21-,22+,23+/m1/s1. The molecule has 10 N–H and O–H groups in total. The maximum absolute atomic E-state index is 13.4. The zero-order valence-electron chi connectivity index (χ0n) is 21.9. The second kappa shape index (κ2) is 12.9. The molecule has 0 saturated carbocycles. The third-order valence-electron chi connectivity index (χ3n) is 7.34. The number of phenols is 2. The highest BCUT2D eigenvalue weighted by Crippen LogP contribution is 2.30. The highest BCUT2D eigenvalue weighted by atomic mass is 16.3. The lowest BCUT2D eigenvalue weighted by Gasteiger charge is -2.25. The summed E-state index contributed by atoms with van der Waals surface area (Å²) in [6.45, 7) is 1.62. The van der Waals surface area contributed by atoms with Crippen LogP contribution in [0.4, 0.5) is 0 Å². The molecule has 4 rings (SSSR count). The third-order valence-corrected chi connectivity index (χ3v) is 7.34. The van der Waals surface area contributed by atoms with Crippen LogP contribution in [0.25, 0.3) is 11.1 Å². The molecule has 4 atom stereocenters. The quantitative estimate of drug-likeness (QED) is 0.247. The van der Waals surface area contributed by atoms with Crippen molar-refractivity contribution >= 4 is 17.7 Å². The number of benzene rings is 2. The van der Waals surface area contributed by atoms with E-state index in [2.05, 4.69) is 21.3 Å². The minimum Gasteiger partial charge on any atom is -0.508 e. The first-order valence-corrected chi connectivity index (χ1v) is 13.5. The van der Waals surface area contributed by atoms with Crippen molar-refractivity contribution in [2.24, 2.45) is 11.5 Å². The van der Waals surface area contributed by atoms with Gasteiger partial charge in [-0.25, -0.2) is 0 Å². The van der Waals surface area contributed by atoms with Gasteiger partial charge in [-0.1, -0.05) is 12.1 Å². The predicted molar refractivity (Wildman–Crippen MR) is 147 cm³/mol. The highest BCUT2D eigenvalue weighted by molar-refractivity contribution is 5.93. The van der Waals surface area contributed by atoms with E-state index in [9.17, 15) is 24.6 Å². The number of nitrogens with one attached hydrogen (secondary N) is 4. The first kappa shape index (κ1) is 28.3. The lowest BCUT2D eigenvalue weighted by atomic mass is 9.95. The zero-order chi connectivity index (χ0) is 27.9. The summed E-state index contributed by atoms with van der Waals surface area (Å²) in [5.41, 5.74) is 14.3. The molecule has 3 amide bonds. The molecule has 1 unspecified atom stereocenters. The summed E-state index contributed by atoms with van der Waals surface area (Å²) in [4.78, 5) is 39.7. The summed E-state index contributed by atoms with van der Waals surface area (Å²) in [5, 5.41) is 32.8. The Bertz CT molecular complexity index is 1200. The van der Waals surface area contributed by atoms with Gasteiger partial charge in [0.2, 0.25) is 17.7 Å². The fourth-order valence-corrected chi connectivity index (χ4v) is 5.04. The molecule has 2 aromatic rings. The van der Waals surface area contributed by atoms with Gasteiger partial charge in [-0.2, -0.15) is 0 Å². The Labute approximate surface area is 227 Å². The maximum atomic E-state index is 13.4. The van der Waals surface area contributed by atoms with Crippen molar-refractivity contribution < 1.29 is 24.6 Å². The largest absolute Gasteiger partial charge is 0.508 e. The molecule has 1 saturated heterocycles. The predicted octanol–water partition coefficient (Wildman–Crippen LogP) is -0.233. The van der Waals surface area contributed by atoms with Crippen LogP contribution in [-0.2, 0) is 27.2 Å². The van der Waals surface area contributed by atoms with Crippen molar-refractivity contribution in [3.8, 4) is 22.6 Å². The molecule has 39 heavy (non-hydrogen) atoms. The van der Waals surface area contributed by atoms with E-state index in [-0.39, 0.29) is 36.8 Å². The topological polar surface area (TPSA) is 192 Å². The Morgan fingerprint density at radius 1 is 0.974 bits per heavy atom. The fraction of sp³-hybridized carbons (Fsp3) is 0.464. The molecule has 0 aromatic heterocycles. The fourth-order valence-electron chi connectivity index (χ4n) is 5.04. The van der Waals surface area contributed by atoms with E-state index in [1.54, 1.807) is 24.3 Å². The number of hydrogen-bond acceptors (Lipinski definition) is 8. The molecule has 11 heteroatoms. The van der Waals surface area contributed by atoms with Crippen LogP contribution in [0.3, 0.4) is 0 Å². The highest BCUT2D eigenvalue weighted by Gasteiger charge is 2.30. The van der Waals surface area contributed by atoms with E-state index in [0.717, 1.165) is 30.5 Å². The van der Waals surface area contributed by atoms with Crippen LogP contribution >= 0.6 is 0 Å². The molecule has 2 aromatic carbocycles. The van der Waals surface area contributed by atoms with E-state index < -0.39 is 35.8 Å². The van der Waals surface area contributed by atoms with Gasteiger partial charge in [0.25, 0.3) is 0 Å². The molecular weight excluding hydrogens is 500 g/mol. The number of phenolic OH excluding ortho intramolecular Hbond substituents is 2. The van der Waals surface area contributed by atoms with Crippen LogP contribution < -0.4 is 32.7 Å². The van der Waals surface area contributed by atoms with Gasteiger partial charge in [0.05, 0.1) is 6.04 Å². The monoisotopic (exact) mass is 538 g/mol. The number of carbonyl (C=O) groups excluding carboxylic acids is 3. The molecule has 11 nitrogen and oxygen atoms in total. The van der Waals surface area contributed by atoms with E-state index in [0.29, 0.717) is 30.6 Å². The average molecular weight is 539 g/mol. The van der Waals surface area contributed by atoms with Crippen LogP contribution in [0, 0.1) is 0 Å². The van der Waals surface area contributed by atoms with Gasteiger partial charge < -0.3 is 42.9 Å². The lowest BCUT2D eigenvalue weighted by Crippen LogP contribution is -2.57. The minimum absolute atomic E-state index is 0.00349. The van der Waals surface area contributed by atoms with Gasteiger partial charge in [0.15, 0.2) is 0 Å². The van der Waals surface area contributed by atoms with E-state index >= 15 is 0 Å². The number of fused-ring (bicyclic) bond motifs is 5. The van der Waals surface area contributed by atoms with E-state index in [4.69, 9.17) is 11.5 Å². The number of rotatable bonds is 6. The van der Waals surface area contributed by atoms with Crippen LogP contribution in [0.15, 0.2) is 36.4 Å². The molecule has 2 heterocycles. The van der Waals surface area contributed by atoms with E-state index in [1.807, 2.05) is 0 Å². The Morgan fingerprint density at radius 2 is 1.64 bits per heavy atom. The molecule has 0 spiro atoms. The SMILES string of the molecule is NCCC[C@@H]1NC(=O)[C@H](N)Cc2cc(ccc2O)-c2ccc(O)c(c2)C[C@@H](C(=O)NCC2CCCN2)NC1=O. The van der Waals surface area contributed by atoms with Crippen molar-refractivity contribution in [1.82, 2.24) is 21.3 Å². The number of nitrogens with two attached hydrogens (primary N) is 2. The van der Waals surface area contributed by atoms with Gasteiger partial charge in [0, 0.05) is 25.4 Å². The normalized spacial score (nSPS) is 23.7. The molecule has 0 radical (unpaired) electrons. The van der Waals surface area contributed by atoms with Gasteiger partial charge >= 0.3 is 0 Å². The Hall–Kier alpha value is -3.67. The summed E-state index contributed by atoms with van der Waals surface area (Å²) < 4.78 is 0. The second-order valence-electron chi connectivity index (χ2n) is 10.3. The van der Waals surface area contributed by atoms with Crippen LogP contribution in [-0.4, -0.2) is 71.7 Å². The first-order chi connectivity index (χ1) is 18.7. The number of carbonyl (C=O) groups is 3. The first-order valence-electron chi connectivity index (χ1n) is 13.5. The summed E-state index contributed by atoms with van der Waals surface area (Å²) in [7, 11) is 0. The molecule has 210 valence electrons. The summed E-state index contributed by atoms with van der Waals surface area (Å²) >= 11 is 0. The minimum atomic E-state index is -1.03. The van der Waals surface area contributed by atoms with Crippen molar-refractivity contribution in [3.05, 3.63) is 47.5 Å². The Balaban J connectivity index is 1.70. The smallest absolute Gasteiger partial charge is 0.243 e. The Kier molecular flexibility index (Phi) is 9.39. The second-order valence-corrected chi connectivity index (χ2v) is 10.3. The molecule has 2 aliphatic heterocycles. The van der Waals surface area contributed by atoms with Crippen molar-refractivity contribution in [2.75, 3.05) is 19.6 Å². The van der Waals surface area contributed by atoms with E-state index in [1.165, 1.54) is 12.1 Å². The van der Waals surface area contributed by atoms with Crippen molar-refractivity contribution in [1.29, 1.82) is 0 Å². The van der Waals surface area contributed by atoms with Crippen LogP contribution in [0.2, 0.25) is 0 Å². The average Bonchev–Trinajstić information content (AvgIpc) is 3.44. The van der Waals surface area contributed by atoms with Crippen molar-refractivity contribution in [3.63, 3.8) is 0 Å². The number of aromatic hydroxyl groups is 2. The summed E-state index contributed by atoms with van der Waals surface area (Å²) in [6, 6.07) is 7.16. The maximum Gasteiger partial charge on any atom is 0.243 e. The molecule has 1 fully saturated rings. The lowest BCUT2D eigenvalue weighted by molar-refractivity contribution is -0.132. The Morgan fingerprint density at radius 3 is 2.26 bits per heavy atom. The zero-order valence-corrected chi connectivity index (χ0v) is 21.9. The van der Waals surface area contributed by atoms with Gasteiger partial charge in [0.1, 0.15) is 23.6 Å². The number of amides is 3. The number of hydrogen-bond donors (Lipinski definition) is 8. The molecule has 2 aliphatic rings. The van der Waals surface area contributed by atoms with Crippen LogP contribution in [0.5, 0.6) is 11.5 Å². The van der Waals surface area contributed by atoms with Crippen molar-refractivity contribution in [2.45, 2.75) is 62.7 Å². The van der Waals surface area contributed by atoms with Gasteiger partial charge in [-0.3, -0.25) is 14.4 Å². The molecule has 4 bridgehead atoms. The van der Waals surface area contributed by atoms with Gasteiger partial charge in [-0.15, -0.1) is 0 Å².